The summed E-state index contributed by atoms with van der Waals surface area (Å²) in [5, 5.41) is 13.4. The van der Waals surface area contributed by atoms with Gasteiger partial charge in [-0.25, -0.2) is 4.39 Å². The molecule has 17 heavy (non-hydrogen) atoms. The molecule has 6 heteroatoms. The van der Waals surface area contributed by atoms with E-state index in [0.717, 1.165) is 11.6 Å². The van der Waals surface area contributed by atoms with E-state index in [9.17, 15) is 14.5 Å². The van der Waals surface area contributed by atoms with E-state index < -0.39 is 10.7 Å². The van der Waals surface area contributed by atoms with Gasteiger partial charge < -0.3 is 9.73 Å². The second-order valence-corrected chi connectivity index (χ2v) is 3.44. The average molecular weight is 236 g/mol. The zero-order chi connectivity index (χ0) is 12.3. The van der Waals surface area contributed by atoms with Crippen LogP contribution in [0.2, 0.25) is 0 Å². The monoisotopic (exact) mass is 236 g/mol. The van der Waals surface area contributed by atoms with Crippen LogP contribution in [0.15, 0.2) is 41.2 Å². The van der Waals surface area contributed by atoms with Crippen LogP contribution in [0.3, 0.4) is 0 Å². The highest BCUT2D eigenvalue weighted by atomic mass is 19.1. The molecular formula is C11H9FN2O3. The van der Waals surface area contributed by atoms with Gasteiger partial charge in [0.05, 0.1) is 23.5 Å². The van der Waals surface area contributed by atoms with Crippen LogP contribution < -0.4 is 5.32 Å². The predicted molar refractivity (Wildman–Crippen MR) is 59.1 cm³/mol. The summed E-state index contributed by atoms with van der Waals surface area (Å²) in [5.74, 6) is -0.645. The maximum atomic E-state index is 13.1. The van der Waals surface area contributed by atoms with Gasteiger partial charge in [0, 0.05) is 23.9 Å². The number of nitro groups is 1. The first kappa shape index (κ1) is 11.1. The third-order valence-corrected chi connectivity index (χ3v) is 2.17. The summed E-state index contributed by atoms with van der Waals surface area (Å²) in [5.41, 5.74) is 0.953. The van der Waals surface area contributed by atoms with Gasteiger partial charge in [0.15, 0.2) is 0 Å². The van der Waals surface area contributed by atoms with Gasteiger partial charge in [0.25, 0.3) is 5.69 Å². The molecule has 0 aliphatic carbocycles. The van der Waals surface area contributed by atoms with Crippen LogP contribution in [0.4, 0.5) is 15.8 Å². The van der Waals surface area contributed by atoms with Crippen LogP contribution in [-0.2, 0) is 6.54 Å². The summed E-state index contributed by atoms with van der Waals surface area (Å²) in [6, 6.07) is 5.11. The van der Waals surface area contributed by atoms with Gasteiger partial charge in [-0.15, -0.1) is 0 Å². The number of benzene rings is 1. The minimum absolute atomic E-state index is 0.278. The smallest absolute Gasteiger partial charge is 0.274 e. The highest BCUT2D eigenvalue weighted by Gasteiger charge is 2.09. The minimum Gasteiger partial charge on any atom is -0.472 e. The van der Waals surface area contributed by atoms with E-state index in [4.69, 9.17) is 4.42 Å². The Morgan fingerprint density at radius 3 is 2.88 bits per heavy atom. The van der Waals surface area contributed by atoms with E-state index >= 15 is 0 Å². The van der Waals surface area contributed by atoms with Gasteiger partial charge >= 0.3 is 0 Å². The van der Waals surface area contributed by atoms with Gasteiger partial charge in [-0.2, -0.15) is 0 Å². The molecule has 0 saturated carbocycles. The SMILES string of the molecule is O=[N+]([O-])c1cc(F)cc(NCc2ccoc2)c1. The Morgan fingerprint density at radius 2 is 2.24 bits per heavy atom. The summed E-state index contributed by atoms with van der Waals surface area (Å²) in [6.07, 6.45) is 3.06. The summed E-state index contributed by atoms with van der Waals surface area (Å²) in [7, 11) is 0. The van der Waals surface area contributed by atoms with Crippen molar-refractivity contribution in [1.82, 2.24) is 0 Å². The van der Waals surface area contributed by atoms with Gasteiger partial charge in [-0.1, -0.05) is 0 Å². The average Bonchev–Trinajstić information content (AvgIpc) is 2.78. The molecule has 1 heterocycles. The number of furan rings is 1. The predicted octanol–water partition coefficient (Wildman–Crippen LogP) is 2.94. The van der Waals surface area contributed by atoms with Crippen molar-refractivity contribution in [1.29, 1.82) is 0 Å². The number of anilines is 1. The largest absolute Gasteiger partial charge is 0.472 e. The molecule has 1 N–H and O–H groups in total. The number of nitrogens with one attached hydrogen (secondary N) is 1. The molecule has 0 spiro atoms. The molecule has 0 bridgehead atoms. The Bertz CT molecular complexity index is 526. The first-order valence-corrected chi connectivity index (χ1v) is 4.85. The third-order valence-electron chi connectivity index (χ3n) is 2.17. The highest BCUT2D eigenvalue weighted by Crippen LogP contribution is 2.20. The second-order valence-electron chi connectivity index (χ2n) is 3.44. The van der Waals surface area contributed by atoms with Crippen LogP contribution in [0.1, 0.15) is 5.56 Å². The Morgan fingerprint density at radius 1 is 1.41 bits per heavy atom. The fraction of sp³-hybridized carbons (Fsp3) is 0.0909. The summed E-state index contributed by atoms with van der Waals surface area (Å²) >= 11 is 0. The van der Waals surface area contributed by atoms with Crippen molar-refractivity contribution in [2.45, 2.75) is 6.54 Å². The Labute approximate surface area is 96.0 Å². The van der Waals surface area contributed by atoms with Crippen LogP contribution >= 0.6 is 0 Å². The van der Waals surface area contributed by atoms with E-state index in [-0.39, 0.29) is 5.69 Å². The van der Waals surface area contributed by atoms with E-state index in [1.165, 1.54) is 18.4 Å². The van der Waals surface area contributed by atoms with Crippen LogP contribution in [-0.4, -0.2) is 4.92 Å². The normalized spacial score (nSPS) is 10.2. The summed E-state index contributed by atoms with van der Waals surface area (Å²) < 4.78 is 18.0. The molecular weight excluding hydrogens is 227 g/mol. The van der Waals surface area contributed by atoms with Gasteiger partial charge in [0.1, 0.15) is 5.82 Å². The summed E-state index contributed by atoms with van der Waals surface area (Å²) in [6.45, 7) is 0.414. The van der Waals surface area contributed by atoms with Crippen molar-refractivity contribution in [2.75, 3.05) is 5.32 Å². The minimum atomic E-state index is -0.645. The molecule has 0 fully saturated rings. The lowest BCUT2D eigenvalue weighted by atomic mass is 10.2. The molecule has 0 unspecified atom stereocenters. The number of rotatable bonds is 4. The first-order chi connectivity index (χ1) is 8.15. The molecule has 2 rings (SSSR count). The van der Waals surface area contributed by atoms with E-state index in [2.05, 4.69) is 5.32 Å². The molecule has 0 amide bonds. The van der Waals surface area contributed by atoms with Crippen molar-refractivity contribution < 1.29 is 13.7 Å². The van der Waals surface area contributed by atoms with Crippen molar-refractivity contribution in [3.8, 4) is 0 Å². The van der Waals surface area contributed by atoms with Crippen molar-refractivity contribution in [3.05, 3.63) is 58.3 Å². The van der Waals surface area contributed by atoms with Crippen molar-refractivity contribution >= 4 is 11.4 Å². The van der Waals surface area contributed by atoms with Crippen LogP contribution in [0.5, 0.6) is 0 Å². The molecule has 0 aliphatic heterocycles. The number of halogens is 1. The van der Waals surface area contributed by atoms with E-state index in [1.54, 1.807) is 12.3 Å². The zero-order valence-corrected chi connectivity index (χ0v) is 8.72. The lowest BCUT2D eigenvalue weighted by molar-refractivity contribution is -0.385. The third kappa shape index (κ3) is 2.81. The number of non-ortho nitro benzene ring substituents is 1. The Kier molecular flexibility index (Phi) is 3.04. The van der Waals surface area contributed by atoms with E-state index in [1.807, 2.05) is 0 Å². The molecule has 1 aromatic heterocycles. The Balaban J connectivity index is 2.13. The lowest BCUT2D eigenvalue weighted by Gasteiger charge is -2.04. The highest BCUT2D eigenvalue weighted by molar-refractivity contribution is 5.51. The topological polar surface area (TPSA) is 68.3 Å². The molecule has 0 radical (unpaired) electrons. The maximum Gasteiger partial charge on any atom is 0.274 e. The molecule has 88 valence electrons. The van der Waals surface area contributed by atoms with E-state index in [0.29, 0.717) is 12.2 Å². The van der Waals surface area contributed by atoms with Crippen molar-refractivity contribution in [3.63, 3.8) is 0 Å². The number of hydrogen-bond acceptors (Lipinski definition) is 4. The molecule has 1 aromatic carbocycles. The number of nitrogens with zero attached hydrogens (tertiary/aromatic N) is 1. The molecule has 5 nitrogen and oxygen atoms in total. The zero-order valence-electron chi connectivity index (χ0n) is 8.72. The maximum absolute atomic E-state index is 13.1. The first-order valence-electron chi connectivity index (χ1n) is 4.85. The van der Waals surface area contributed by atoms with Gasteiger partial charge in [-0.3, -0.25) is 10.1 Å². The fourth-order valence-corrected chi connectivity index (χ4v) is 1.38. The molecule has 0 atom stereocenters. The molecule has 0 aliphatic rings. The van der Waals surface area contributed by atoms with Gasteiger partial charge in [0.2, 0.25) is 0 Å². The quantitative estimate of drug-likeness (QED) is 0.654. The molecule has 2 aromatic rings. The number of nitro benzene ring substituents is 1. The Hall–Kier alpha value is -2.37. The standard InChI is InChI=1S/C11H9FN2O3/c12-9-3-10(5-11(4-9)14(15)16)13-6-8-1-2-17-7-8/h1-5,7,13H,6H2. The van der Waals surface area contributed by atoms with Crippen LogP contribution in [0, 0.1) is 15.9 Å². The van der Waals surface area contributed by atoms with Gasteiger partial charge in [-0.05, 0) is 12.1 Å². The van der Waals surface area contributed by atoms with Crippen molar-refractivity contribution in [2.24, 2.45) is 0 Å². The summed E-state index contributed by atoms with van der Waals surface area (Å²) in [4.78, 5) is 9.90. The lowest BCUT2D eigenvalue weighted by Crippen LogP contribution is -1.99. The second kappa shape index (κ2) is 4.65. The number of hydrogen-bond donors (Lipinski definition) is 1. The fourth-order valence-electron chi connectivity index (χ4n) is 1.38. The van der Waals surface area contributed by atoms with Crippen LogP contribution in [0.25, 0.3) is 0 Å². The molecule has 0 saturated heterocycles.